The standard InChI is InChI=1S/C14H28O6/c1-4-12(18-6-3)10-19-13(11-20-14(15)16)8-7-9-17-5-2/h12-13H,4-11H2,1-3H3,(H,15,16). The Morgan fingerprint density at radius 3 is 2.35 bits per heavy atom. The highest BCUT2D eigenvalue weighted by atomic mass is 16.7. The Morgan fingerprint density at radius 2 is 1.80 bits per heavy atom. The van der Waals surface area contributed by atoms with E-state index in [0.29, 0.717) is 32.8 Å². The van der Waals surface area contributed by atoms with Gasteiger partial charge in [-0.25, -0.2) is 4.79 Å². The summed E-state index contributed by atoms with van der Waals surface area (Å²) in [6.45, 7) is 8.37. The summed E-state index contributed by atoms with van der Waals surface area (Å²) in [6, 6.07) is 0. The highest BCUT2D eigenvalue weighted by Gasteiger charge is 2.15. The third-order valence-electron chi connectivity index (χ3n) is 2.79. The molecule has 0 aliphatic heterocycles. The van der Waals surface area contributed by atoms with E-state index < -0.39 is 6.16 Å². The zero-order valence-electron chi connectivity index (χ0n) is 12.8. The normalized spacial score (nSPS) is 13.9. The van der Waals surface area contributed by atoms with Crippen LogP contribution in [0.25, 0.3) is 0 Å². The zero-order chi connectivity index (χ0) is 15.2. The van der Waals surface area contributed by atoms with Gasteiger partial charge in [0.15, 0.2) is 0 Å². The van der Waals surface area contributed by atoms with Crippen molar-refractivity contribution >= 4 is 6.16 Å². The Kier molecular flexibility index (Phi) is 12.6. The Bertz CT molecular complexity index is 234. The lowest BCUT2D eigenvalue weighted by Gasteiger charge is -2.21. The molecule has 0 bridgehead atoms. The Labute approximate surface area is 121 Å². The molecule has 120 valence electrons. The van der Waals surface area contributed by atoms with Crippen LogP contribution in [0.2, 0.25) is 0 Å². The second-order valence-corrected chi connectivity index (χ2v) is 4.36. The van der Waals surface area contributed by atoms with Crippen molar-refractivity contribution in [2.45, 2.75) is 52.2 Å². The van der Waals surface area contributed by atoms with Crippen molar-refractivity contribution in [3.05, 3.63) is 0 Å². The van der Waals surface area contributed by atoms with Gasteiger partial charge in [0.1, 0.15) is 6.61 Å². The fourth-order valence-electron chi connectivity index (χ4n) is 1.70. The lowest BCUT2D eigenvalue weighted by atomic mass is 10.2. The molecule has 0 rings (SSSR count). The summed E-state index contributed by atoms with van der Waals surface area (Å²) in [5.41, 5.74) is 0. The number of rotatable bonds is 13. The van der Waals surface area contributed by atoms with Crippen molar-refractivity contribution in [1.29, 1.82) is 0 Å². The molecule has 20 heavy (non-hydrogen) atoms. The summed E-state index contributed by atoms with van der Waals surface area (Å²) in [7, 11) is 0. The molecule has 1 N–H and O–H groups in total. The minimum absolute atomic E-state index is 0.0409. The lowest BCUT2D eigenvalue weighted by Crippen LogP contribution is -2.28. The number of ether oxygens (including phenoxy) is 4. The van der Waals surface area contributed by atoms with Crippen LogP contribution in [-0.4, -0.2) is 56.5 Å². The smallest absolute Gasteiger partial charge is 0.450 e. The predicted octanol–water partition coefficient (Wildman–Crippen LogP) is 2.70. The van der Waals surface area contributed by atoms with Gasteiger partial charge in [-0.05, 0) is 33.1 Å². The van der Waals surface area contributed by atoms with E-state index in [1.54, 1.807) is 0 Å². The minimum Gasteiger partial charge on any atom is -0.450 e. The van der Waals surface area contributed by atoms with Crippen molar-refractivity contribution in [3.8, 4) is 0 Å². The van der Waals surface area contributed by atoms with Gasteiger partial charge in [0.25, 0.3) is 0 Å². The number of hydrogen-bond acceptors (Lipinski definition) is 5. The third kappa shape index (κ3) is 11.0. The zero-order valence-corrected chi connectivity index (χ0v) is 12.8. The van der Waals surface area contributed by atoms with Crippen LogP contribution in [0.3, 0.4) is 0 Å². The predicted molar refractivity (Wildman–Crippen MR) is 75.1 cm³/mol. The van der Waals surface area contributed by atoms with Crippen LogP contribution >= 0.6 is 0 Å². The van der Waals surface area contributed by atoms with Gasteiger partial charge in [-0.15, -0.1) is 0 Å². The van der Waals surface area contributed by atoms with E-state index in [1.807, 2.05) is 20.8 Å². The number of carboxylic acid groups (broad SMARTS) is 1. The van der Waals surface area contributed by atoms with Gasteiger partial charge in [-0.1, -0.05) is 6.92 Å². The molecular weight excluding hydrogens is 264 g/mol. The van der Waals surface area contributed by atoms with Crippen LogP contribution in [0.1, 0.15) is 40.0 Å². The summed E-state index contributed by atoms with van der Waals surface area (Å²) >= 11 is 0. The molecule has 0 radical (unpaired) electrons. The van der Waals surface area contributed by atoms with Crippen molar-refractivity contribution in [1.82, 2.24) is 0 Å². The second kappa shape index (κ2) is 13.1. The van der Waals surface area contributed by atoms with Crippen LogP contribution in [0.5, 0.6) is 0 Å². The molecule has 0 fully saturated rings. The van der Waals surface area contributed by atoms with Crippen molar-refractivity contribution in [3.63, 3.8) is 0 Å². The van der Waals surface area contributed by atoms with E-state index in [1.165, 1.54) is 0 Å². The molecule has 0 aromatic carbocycles. The van der Waals surface area contributed by atoms with Gasteiger partial charge >= 0.3 is 6.16 Å². The van der Waals surface area contributed by atoms with Gasteiger partial charge in [0.05, 0.1) is 18.8 Å². The van der Waals surface area contributed by atoms with Gasteiger partial charge in [-0.3, -0.25) is 0 Å². The van der Waals surface area contributed by atoms with E-state index in [4.69, 9.17) is 19.3 Å². The summed E-state index contributed by atoms with van der Waals surface area (Å²) in [5, 5.41) is 8.55. The van der Waals surface area contributed by atoms with E-state index in [0.717, 1.165) is 12.8 Å². The molecule has 2 atom stereocenters. The van der Waals surface area contributed by atoms with Crippen LogP contribution in [0.15, 0.2) is 0 Å². The molecular formula is C14H28O6. The molecule has 6 heteroatoms. The monoisotopic (exact) mass is 292 g/mol. The first kappa shape index (κ1) is 19.1. The van der Waals surface area contributed by atoms with Crippen LogP contribution in [0, 0.1) is 0 Å². The highest BCUT2D eigenvalue weighted by molar-refractivity contribution is 5.56. The third-order valence-corrected chi connectivity index (χ3v) is 2.79. The molecule has 0 aliphatic rings. The van der Waals surface area contributed by atoms with Gasteiger partial charge in [0.2, 0.25) is 0 Å². The Balaban J connectivity index is 4.04. The lowest BCUT2D eigenvalue weighted by molar-refractivity contribution is -0.0657. The molecule has 0 amide bonds. The highest BCUT2D eigenvalue weighted by Crippen LogP contribution is 2.08. The maximum atomic E-state index is 10.4. The number of carbonyl (C=O) groups is 1. The largest absolute Gasteiger partial charge is 0.505 e. The quantitative estimate of drug-likeness (QED) is 0.415. The Hall–Kier alpha value is -0.850. The van der Waals surface area contributed by atoms with Crippen molar-refractivity contribution < 1.29 is 28.8 Å². The van der Waals surface area contributed by atoms with Crippen LogP contribution in [-0.2, 0) is 18.9 Å². The maximum absolute atomic E-state index is 10.4. The average molecular weight is 292 g/mol. The first-order valence-corrected chi connectivity index (χ1v) is 7.30. The summed E-state index contributed by atoms with van der Waals surface area (Å²) in [4.78, 5) is 10.4. The average Bonchev–Trinajstić information content (AvgIpc) is 2.43. The van der Waals surface area contributed by atoms with Crippen molar-refractivity contribution in [2.75, 3.05) is 33.0 Å². The molecule has 0 saturated carbocycles. The topological polar surface area (TPSA) is 74.2 Å². The SMILES string of the molecule is CCOCCCC(COC(=O)O)OCC(CC)OCC. The van der Waals surface area contributed by atoms with Crippen LogP contribution in [0.4, 0.5) is 4.79 Å². The minimum atomic E-state index is -1.28. The molecule has 2 unspecified atom stereocenters. The van der Waals surface area contributed by atoms with Crippen molar-refractivity contribution in [2.24, 2.45) is 0 Å². The first-order chi connectivity index (χ1) is 9.63. The molecule has 0 aliphatic carbocycles. The summed E-state index contributed by atoms with van der Waals surface area (Å²) in [6.07, 6.45) is 0.891. The van der Waals surface area contributed by atoms with E-state index in [2.05, 4.69) is 4.74 Å². The fraction of sp³-hybridized carbons (Fsp3) is 0.929. The maximum Gasteiger partial charge on any atom is 0.505 e. The number of hydrogen-bond donors (Lipinski definition) is 1. The fourth-order valence-corrected chi connectivity index (χ4v) is 1.70. The van der Waals surface area contributed by atoms with Gasteiger partial charge < -0.3 is 24.1 Å². The van der Waals surface area contributed by atoms with Gasteiger partial charge in [-0.2, -0.15) is 0 Å². The molecule has 0 aromatic heterocycles. The summed E-state index contributed by atoms with van der Waals surface area (Å²) < 4.78 is 21.1. The molecule has 6 nitrogen and oxygen atoms in total. The molecule has 0 spiro atoms. The van der Waals surface area contributed by atoms with E-state index in [9.17, 15) is 4.79 Å². The van der Waals surface area contributed by atoms with Gasteiger partial charge in [0, 0.05) is 19.8 Å². The Morgan fingerprint density at radius 1 is 1.05 bits per heavy atom. The van der Waals surface area contributed by atoms with E-state index in [-0.39, 0.29) is 18.8 Å². The van der Waals surface area contributed by atoms with E-state index >= 15 is 0 Å². The molecule has 0 heterocycles. The van der Waals surface area contributed by atoms with Crippen LogP contribution < -0.4 is 0 Å². The first-order valence-electron chi connectivity index (χ1n) is 7.30. The summed E-state index contributed by atoms with van der Waals surface area (Å²) in [5.74, 6) is 0. The molecule has 0 saturated heterocycles. The molecule has 0 aromatic rings. The second-order valence-electron chi connectivity index (χ2n) is 4.36.